The van der Waals surface area contributed by atoms with Crippen LogP contribution in [0.5, 0.6) is 23.5 Å². The van der Waals surface area contributed by atoms with E-state index in [4.69, 9.17) is 30.4 Å². The Bertz CT molecular complexity index is 1590. The highest BCUT2D eigenvalue weighted by Gasteiger charge is 2.14. The van der Waals surface area contributed by atoms with Gasteiger partial charge in [-0.1, -0.05) is 36.4 Å². The van der Waals surface area contributed by atoms with Gasteiger partial charge in [-0.25, -0.2) is 0 Å². The highest BCUT2D eigenvalue weighted by molar-refractivity contribution is 5.74. The van der Waals surface area contributed by atoms with Crippen LogP contribution >= 0.6 is 0 Å². The number of hydrogen-bond donors (Lipinski definition) is 4. The number of carbonyl (C=O) groups excluding carboxylic acids is 2. The van der Waals surface area contributed by atoms with Crippen LogP contribution in [0, 0.1) is 13.8 Å². The lowest BCUT2D eigenvalue weighted by Gasteiger charge is -2.17. The molecule has 0 saturated carbocycles. The summed E-state index contributed by atoms with van der Waals surface area (Å²) in [6, 6.07) is 19.8. The molecule has 4 aromatic rings. The smallest absolute Gasteiger partial charge is 0.220 e. The summed E-state index contributed by atoms with van der Waals surface area (Å²) in [5, 5.41) is 6.33. The Morgan fingerprint density at radius 2 is 1.04 bits per heavy atom. The van der Waals surface area contributed by atoms with E-state index in [1.54, 1.807) is 14.2 Å². The van der Waals surface area contributed by atoms with Gasteiger partial charge in [0.05, 0.1) is 14.2 Å². The molecule has 12 heteroatoms. The van der Waals surface area contributed by atoms with Crippen molar-refractivity contribution in [1.29, 1.82) is 0 Å². The molecule has 0 aliphatic rings. The third kappa shape index (κ3) is 9.90. The molecular formula is C36H44N6O6. The van der Waals surface area contributed by atoms with Gasteiger partial charge >= 0.3 is 0 Å². The minimum absolute atomic E-state index is 0.260. The molecule has 12 nitrogen and oxygen atoms in total. The molecular weight excluding hydrogens is 612 g/mol. The molecule has 2 aromatic carbocycles. The lowest BCUT2D eigenvalue weighted by atomic mass is 9.92. The molecule has 2 heterocycles. The Hall–Kier alpha value is -5.20. The topological polar surface area (TPSA) is 173 Å². The molecule has 2 amide bonds. The van der Waals surface area contributed by atoms with Gasteiger partial charge in [0.2, 0.25) is 35.3 Å². The molecule has 4 rings (SSSR count). The van der Waals surface area contributed by atoms with Gasteiger partial charge in [-0.05, 0) is 59.4 Å². The maximum Gasteiger partial charge on any atom is 0.220 e. The number of nitrogens with one attached hydrogen (secondary N) is 2. The fourth-order valence-electron chi connectivity index (χ4n) is 5.12. The van der Waals surface area contributed by atoms with E-state index in [9.17, 15) is 9.59 Å². The van der Waals surface area contributed by atoms with Crippen LogP contribution in [-0.4, -0.2) is 49.1 Å². The van der Waals surface area contributed by atoms with E-state index in [1.165, 1.54) is 0 Å². The summed E-state index contributed by atoms with van der Waals surface area (Å²) in [6.07, 6.45) is 0.520. The maximum absolute atomic E-state index is 11.0. The van der Waals surface area contributed by atoms with Gasteiger partial charge < -0.3 is 41.0 Å². The predicted molar refractivity (Wildman–Crippen MR) is 183 cm³/mol. The summed E-state index contributed by atoms with van der Waals surface area (Å²) in [6.45, 7) is 6.77. The number of amides is 2. The van der Waals surface area contributed by atoms with Crippen LogP contribution in [0.2, 0.25) is 0 Å². The molecule has 0 unspecified atom stereocenters. The number of ether oxygens (including phenoxy) is 4. The molecule has 0 fully saturated rings. The Morgan fingerprint density at radius 1 is 0.625 bits per heavy atom. The van der Waals surface area contributed by atoms with Crippen molar-refractivity contribution in [3.8, 4) is 34.6 Å². The van der Waals surface area contributed by atoms with Gasteiger partial charge in [-0.3, -0.25) is 9.59 Å². The average Bonchev–Trinajstić information content (AvgIpc) is 3.08. The molecule has 0 aliphatic heterocycles. The SMILES string of the molecule is COc1nc(OCc2cccc(-c3cccc(COc4ccc(CNCCC(N)=O)c(OC)n4)c3C)c2C)ccc1CNCCC(N)=O. The van der Waals surface area contributed by atoms with Crippen molar-refractivity contribution in [3.05, 3.63) is 94.0 Å². The number of primary amides is 2. The largest absolute Gasteiger partial charge is 0.481 e. The first-order chi connectivity index (χ1) is 23.2. The third-order valence-electron chi connectivity index (χ3n) is 7.87. The van der Waals surface area contributed by atoms with Gasteiger partial charge in [0.15, 0.2) is 0 Å². The minimum Gasteiger partial charge on any atom is -0.481 e. The zero-order valence-electron chi connectivity index (χ0n) is 27.9. The number of pyridine rings is 2. The number of rotatable bonds is 19. The van der Waals surface area contributed by atoms with Crippen LogP contribution in [0.25, 0.3) is 11.1 Å². The average molecular weight is 657 g/mol. The molecule has 2 aromatic heterocycles. The van der Waals surface area contributed by atoms with Gasteiger partial charge in [-0.15, -0.1) is 0 Å². The van der Waals surface area contributed by atoms with E-state index in [-0.39, 0.29) is 24.7 Å². The molecule has 0 atom stereocenters. The second kappa shape index (κ2) is 17.6. The summed E-state index contributed by atoms with van der Waals surface area (Å²) in [5.41, 5.74) is 18.6. The van der Waals surface area contributed by atoms with Gasteiger partial charge in [0.1, 0.15) is 13.2 Å². The lowest BCUT2D eigenvalue weighted by Crippen LogP contribution is -2.22. The van der Waals surface area contributed by atoms with Gasteiger partial charge in [-0.2, -0.15) is 9.97 Å². The Morgan fingerprint density at radius 3 is 1.42 bits per heavy atom. The number of nitrogens with two attached hydrogens (primary N) is 2. The molecule has 48 heavy (non-hydrogen) atoms. The van der Waals surface area contributed by atoms with Gasteiger partial charge in [0, 0.05) is 62.3 Å². The first-order valence-corrected chi connectivity index (χ1v) is 15.7. The molecule has 0 bridgehead atoms. The highest BCUT2D eigenvalue weighted by Crippen LogP contribution is 2.31. The molecule has 0 spiro atoms. The van der Waals surface area contributed by atoms with Crippen molar-refractivity contribution in [1.82, 2.24) is 20.6 Å². The van der Waals surface area contributed by atoms with E-state index in [0.29, 0.717) is 62.9 Å². The molecule has 254 valence electrons. The molecule has 6 N–H and O–H groups in total. The van der Waals surface area contributed by atoms with Crippen molar-refractivity contribution in [2.24, 2.45) is 11.5 Å². The number of methoxy groups -OCH3 is 2. The molecule has 0 aliphatic carbocycles. The highest BCUT2D eigenvalue weighted by atomic mass is 16.5. The quantitative estimate of drug-likeness (QED) is 0.109. The Labute approximate surface area is 281 Å². The predicted octanol–water partition coefficient (Wildman–Crippen LogP) is 3.87. The third-order valence-corrected chi connectivity index (χ3v) is 7.87. The van der Waals surface area contributed by atoms with Crippen LogP contribution < -0.4 is 41.0 Å². The molecule has 0 radical (unpaired) electrons. The van der Waals surface area contributed by atoms with Crippen molar-refractivity contribution in [3.63, 3.8) is 0 Å². The number of benzene rings is 2. The van der Waals surface area contributed by atoms with Crippen LogP contribution in [0.4, 0.5) is 0 Å². The van der Waals surface area contributed by atoms with E-state index < -0.39 is 0 Å². The van der Waals surface area contributed by atoms with Crippen molar-refractivity contribution >= 4 is 11.8 Å². The summed E-state index contributed by atoms with van der Waals surface area (Å²) in [7, 11) is 3.13. The van der Waals surface area contributed by atoms with Crippen LogP contribution in [0.15, 0.2) is 60.7 Å². The van der Waals surface area contributed by atoms with E-state index in [0.717, 1.165) is 44.5 Å². The lowest BCUT2D eigenvalue weighted by molar-refractivity contribution is -0.118. The van der Waals surface area contributed by atoms with Crippen molar-refractivity contribution < 1.29 is 28.5 Å². The molecule has 0 saturated heterocycles. The summed E-state index contributed by atoms with van der Waals surface area (Å²) >= 11 is 0. The first-order valence-electron chi connectivity index (χ1n) is 15.7. The van der Waals surface area contributed by atoms with Crippen LogP contribution in [0.3, 0.4) is 0 Å². The van der Waals surface area contributed by atoms with E-state index in [1.807, 2.05) is 48.5 Å². The second-order valence-corrected chi connectivity index (χ2v) is 11.2. The standard InChI is InChI=1S/C36H44N6O6/c1-23-27(21-47-33-13-11-25(35(41-33)45-3)19-39-17-15-31(37)43)7-5-9-29(23)30-10-6-8-28(24(30)2)22-48-34-14-12-26(36(42-34)46-4)20-40-18-16-32(38)44/h5-14,39-40H,15-22H2,1-4H3,(H2,37,43)(H2,38,44). The van der Waals surface area contributed by atoms with Gasteiger partial charge in [0.25, 0.3) is 0 Å². The zero-order chi connectivity index (χ0) is 34.5. The Balaban J connectivity index is 1.41. The first kappa shape index (κ1) is 35.7. The van der Waals surface area contributed by atoms with E-state index in [2.05, 4.69) is 46.6 Å². The summed E-state index contributed by atoms with van der Waals surface area (Å²) in [4.78, 5) is 31.0. The number of hydrogen-bond acceptors (Lipinski definition) is 10. The van der Waals surface area contributed by atoms with Crippen LogP contribution in [0.1, 0.15) is 46.2 Å². The minimum atomic E-state index is -0.352. The second-order valence-electron chi connectivity index (χ2n) is 11.2. The van der Waals surface area contributed by atoms with Crippen LogP contribution in [-0.2, 0) is 35.9 Å². The number of nitrogens with zero attached hydrogens (tertiary/aromatic N) is 2. The van der Waals surface area contributed by atoms with Crippen molar-refractivity contribution in [2.75, 3.05) is 27.3 Å². The van der Waals surface area contributed by atoms with E-state index >= 15 is 0 Å². The van der Waals surface area contributed by atoms with Crippen molar-refractivity contribution in [2.45, 2.75) is 53.0 Å². The number of carbonyl (C=O) groups is 2. The number of aromatic nitrogens is 2. The summed E-state index contributed by atoms with van der Waals surface area (Å²) in [5.74, 6) is 1.11. The fourth-order valence-corrected chi connectivity index (χ4v) is 5.12. The zero-order valence-corrected chi connectivity index (χ0v) is 27.9. The maximum atomic E-state index is 11.0. The summed E-state index contributed by atoms with van der Waals surface area (Å²) < 4.78 is 23.1. The monoisotopic (exact) mass is 656 g/mol. The fraction of sp³-hybridized carbons (Fsp3) is 0.333. The normalized spacial score (nSPS) is 10.8. The Kier molecular flexibility index (Phi) is 13.1.